The minimum Gasteiger partial charge on any atom is -0.352 e. The molecule has 0 bridgehead atoms. The Morgan fingerprint density at radius 1 is 1.11 bits per heavy atom. The SMILES string of the molecule is O=C(C=Cc1ccc(-c2cccc(Cl)c2)s1)N1CCN(c2cnccn2)CC1. The maximum absolute atomic E-state index is 12.5. The summed E-state index contributed by atoms with van der Waals surface area (Å²) in [4.78, 5) is 27.1. The van der Waals surface area contributed by atoms with Crippen LogP contribution in [-0.4, -0.2) is 47.0 Å². The van der Waals surface area contributed by atoms with E-state index in [2.05, 4.69) is 20.9 Å². The van der Waals surface area contributed by atoms with Crippen molar-refractivity contribution in [2.75, 3.05) is 31.1 Å². The number of nitrogens with zero attached hydrogens (tertiary/aromatic N) is 4. The number of hydrogen-bond acceptors (Lipinski definition) is 5. The molecule has 1 aromatic carbocycles. The summed E-state index contributed by atoms with van der Waals surface area (Å²) in [6.45, 7) is 2.88. The van der Waals surface area contributed by atoms with Gasteiger partial charge < -0.3 is 9.80 Å². The highest BCUT2D eigenvalue weighted by atomic mass is 35.5. The summed E-state index contributed by atoms with van der Waals surface area (Å²) in [6.07, 6.45) is 8.65. The Morgan fingerprint density at radius 2 is 1.96 bits per heavy atom. The minimum absolute atomic E-state index is 0.0384. The molecule has 2 aromatic heterocycles. The zero-order valence-corrected chi connectivity index (χ0v) is 16.7. The first-order valence-corrected chi connectivity index (χ1v) is 10.2. The second-order valence-corrected chi connectivity index (χ2v) is 7.97. The van der Waals surface area contributed by atoms with Crippen molar-refractivity contribution in [3.63, 3.8) is 0 Å². The molecule has 0 unspecified atom stereocenters. The zero-order chi connectivity index (χ0) is 19.3. The van der Waals surface area contributed by atoms with E-state index in [0.29, 0.717) is 13.1 Å². The molecular weight excluding hydrogens is 392 g/mol. The summed E-state index contributed by atoms with van der Waals surface area (Å²) in [5.74, 6) is 0.897. The third-order valence-corrected chi connectivity index (χ3v) is 5.93. The van der Waals surface area contributed by atoms with E-state index in [-0.39, 0.29) is 5.91 Å². The normalized spacial score (nSPS) is 14.6. The Hall–Kier alpha value is -2.70. The summed E-state index contributed by atoms with van der Waals surface area (Å²) < 4.78 is 0. The van der Waals surface area contributed by atoms with Crippen LogP contribution in [0.15, 0.2) is 61.1 Å². The molecule has 0 atom stereocenters. The minimum atomic E-state index is 0.0384. The summed E-state index contributed by atoms with van der Waals surface area (Å²) in [7, 11) is 0. The molecule has 3 aromatic rings. The molecule has 7 heteroatoms. The third-order valence-electron chi connectivity index (χ3n) is 4.59. The van der Waals surface area contributed by atoms with Crippen molar-refractivity contribution in [1.82, 2.24) is 14.9 Å². The molecule has 1 amide bonds. The molecule has 0 spiro atoms. The van der Waals surface area contributed by atoms with Crippen molar-refractivity contribution in [2.24, 2.45) is 0 Å². The third kappa shape index (κ3) is 4.40. The van der Waals surface area contributed by atoms with Gasteiger partial charge in [-0.1, -0.05) is 23.7 Å². The van der Waals surface area contributed by atoms with Crippen LogP contribution in [0.3, 0.4) is 0 Å². The Kier molecular flexibility index (Phi) is 5.69. The van der Waals surface area contributed by atoms with Gasteiger partial charge in [0.15, 0.2) is 0 Å². The van der Waals surface area contributed by atoms with Crippen LogP contribution in [0, 0.1) is 0 Å². The number of benzene rings is 1. The number of halogens is 1. The van der Waals surface area contributed by atoms with Crippen molar-refractivity contribution in [3.05, 3.63) is 71.0 Å². The molecule has 1 aliphatic rings. The van der Waals surface area contributed by atoms with E-state index in [0.717, 1.165) is 39.2 Å². The van der Waals surface area contributed by atoms with Crippen molar-refractivity contribution in [3.8, 4) is 10.4 Å². The number of thiophene rings is 1. The topological polar surface area (TPSA) is 49.3 Å². The predicted molar refractivity (Wildman–Crippen MR) is 115 cm³/mol. The zero-order valence-electron chi connectivity index (χ0n) is 15.2. The Morgan fingerprint density at radius 3 is 2.71 bits per heavy atom. The largest absolute Gasteiger partial charge is 0.352 e. The highest BCUT2D eigenvalue weighted by Crippen LogP contribution is 2.30. The summed E-state index contributed by atoms with van der Waals surface area (Å²) in [5.41, 5.74) is 1.09. The number of hydrogen-bond donors (Lipinski definition) is 0. The lowest BCUT2D eigenvalue weighted by atomic mass is 10.2. The maximum atomic E-state index is 12.5. The van der Waals surface area contributed by atoms with Gasteiger partial charge in [0.2, 0.25) is 5.91 Å². The fourth-order valence-electron chi connectivity index (χ4n) is 3.11. The van der Waals surface area contributed by atoms with Crippen LogP contribution in [0.2, 0.25) is 5.02 Å². The molecule has 0 N–H and O–H groups in total. The van der Waals surface area contributed by atoms with Gasteiger partial charge in [-0.2, -0.15) is 0 Å². The lowest BCUT2D eigenvalue weighted by Crippen LogP contribution is -2.48. The molecule has 0 aliphatic carbocycles. The standard InChI is InChI=1S/C21H19ClN4OS/c22-17-3-1-2-16(14-17)19-6-4-18(28-19)5-7-21(27)26-12-10-25(11-13-26)20-15-23-8-9-24-20/h1-9,14-15H,10-13H2. The average molecular weight is 411 g/mol. The quantitative estimate of drug-likeness (QED) is 0.604. The molecule has 0 radical (unpaired) electrons. The Balaban J connectivity index is 1.35. The predicted octanol–water partition coefficient (Wildman–Crippen LogP) is 4.22. The van der Waals surface area contributed by atoms with Crippen molar-refractivity contribution < 1.29 is 4.79 Å². The first-order valence-electron chi connectivity index (χ1n) is 9.03. The number of carbonyl (C=O) groups excluding carboxylic acids is 1. The van der Waals surface area contributed by atoms with E-state index in [1.807, 2.05) is 41.3 Å². The van der Waals surface area contributed by atoms with E-state index < -0.39 is 0 Å². The van der Waals surface area contributed by atoms with Crippen molar-refractivity contribution in [2.45, 2.75) is 0 Å². The van der Waals surface area contributed by atoms with Gasteiger partial charge in [0.1, 0.15) is 5.82 Å². The van der Waals surface area contributed by atoms with Gasteiger partial charge >= 0.3 is 0 Å². The Bertz CT molecular complexity index is 981. The van der Waals surface area contributed by atoms with E-state index >= 15 is 0 Å². The van der Waals surface area contributed by atoms with E-state index in [1.165, 1.54) is 0 Å². The summed E-state index contributed by atoms with van der Waals surface area (Å²) >= 11 is 7.71. The maximum Gasteiger partial charge on any atom is 0.246 e. The molecule has 0 saturated carbocycles. The van der Waals surface area contributed by atoms with E-state index in [1.54, 1.807) is 36.0 Å². The van der Waals surface area contributed by atoms with Crippen molar-refractivity contribution in [1.29, 1.82) is 0 Å². The Labute approximate surface area is 172 Å². The summed E-state index contributed by atoms with van der Waals surface area (Å²) in [5, 5.41) is 0.721. The molecule has 1 saturated heterocycles. The van der Waals surface area contributed by atoms with Crippen LogP contribution < -0.4 is 4.90 Å². The van der Waals surface area contributed by atoms with Crippen LogP contribution in [0.1, 0.15) is 4.88 Å². The highest BCUT2D eigenvalue weighted by Gasteiger charge is 2.20. The number of piperazine rings is 1. The smallest absolute Gasteiger partial charge is 0.246 e. The van der Waals surface area contributed by atoms with Gasteiger partial charge in [0.25, 0.3) is 0 Å². The van der Waals surface area contributed by atoms with Crippen LogP contribution >= 0.6 is 22.9 Å². The van der Waals surface area contributed by atoms with Crippen LogP contribution in [0.4, 0.5) is 5.82 Å². The number of rotatable bonds is 4. The molecule has 4 rings (SSSR count). The van der Waals surface area contributed by atoms with E-state index in [4.69, 9.17) is 11.6 Å². The van der Waals surface area contributed by atoms with Gasteiger partial charge in [0.05, 0.1) is 6.20 Å². The average Bonchev–Trinajstić information content (AvgIpc) is 3.22. The fourth-order valence-corrected chi connectivity index (χ4v) is 4.21. The second-order valence-electron chi connectivity index (χ2n) is 6.42. The lowest BCUT2D eigenvalue weighted by Gasteiger charge is -2.34. The molecule has 1 fully saturated rings. The number of carbonyl (C=O) groups is 1. The second kappa shape index (κ2) is 8.54. The first-order chi connectivity index (χ1) is 13.7. The monoisotopic (exact) mass is 410 g/mol. The van der Waals surface area contributed by atoms with Gasteiger partial charge in [-0.05, 0) is 35.9 Å². The van der Waals surface area contributed by atoms with E-state index in [9.17, 15) is 4.79 Å². The molecular formula is C21H19ClN4OS. The first kappa shape index (κ1) is 18.7. The van der Waals surface area contributed by atoms with Crippen LogP contribution in [0.25, 0.3) is 16.5 Å². The number of amides is 1. The molecule has 1 aliphatic heterocycles. The number of anilines is 1. The van der Waals surface area contributed by atoms with Crippen LogP contribution in [0.5, 0.6) is 0 Å². The van der Waals surface area contributed by atoms with Gasteiger partial charge in [-0.25, -0.2) is 4.98 Å². The lowest BCUT2D eigenvalue weighted by molar-refractivity contribution is -0.126. The molecule has 28 heavy (non-hydrogen) atoms. The van der Waals surface area contributed by atoms with Crippen LogP contribution in [-0.2, 0) is 4.79 Å². The van der Waals surface area contributed by atoms with Gasteiger partial charge in [-0.3, -0.25) is 9.78 Å². The van der Waals surface area contributed by atoms with Gasteiger partial charge in [0, 0.05) is 59.4 Å². The number of aromatic nitrogens is 2. The molecule has 5 nitrogen and oxygen atoms in total. The highest BCUT2D eigenvalue weighted by molar-refractivity contribution is 7.16. The van der Waals surface area contributed by atoms with Crippen molar-refractivity contribution >= 4 is 40.7 Å². The fraction of sp³-hybridized carbons (Fsp3) is 0.190. The summed E-state index contributed by atoms with van der Waals surface area (Å²) in [6, 6.07) is 11.9. The molecule has 3 heterocycles. The molecule has 142 valence electrons. The van der Waals surface area contributed by atoms with Gasteiger partial charge in [-0.15, -0.1) is 11.3 Å².